The maximum Gasteiger partial charge on any atom is 0.323 e. The molecule has 2 atom stereocenters. The largest absolute Gasteiger partial charge is 0.372 e. The van der Waals surface area contributed by atoms with E-state index in [0.717, 1.165) is 5.69 Å². The van der Waals surface area contributed by atoms with Crippen molar-refractivity contribution in [3.05, 3.63) is 23.9 Å². The third-order valence-electron chi connectivity index (χ3n) is 2.83. The van der Waals surface area contributed by atoms with E-state index in [9.17, 15) is 4.79 Å². The summed E-state index contributed by atoms with van der Waals surface area (Å²) in [6, 6.07) is 5.45. The molecule has 5 heteroatoms. The monoisotopic (exact) mass is 249 g/mol. The maximum absolute atomic E-state index is 12.1. The van der Waals surface area contributed by atoms with Gasteiger partial charge in [-0.1, -0.05) is 6.07 Å². The minimum Gasteiger partial charge on any atom is -0.372 e. The van der Waals surface area contributed by atoms with Gasteiger partial charge < -0.3 is 9.64 Å². The van der Waals surface area contributed by atoms with Gasteiger partial charge in [-0.3, -0.25) is 5.32 Å². The molecule has 2 heterocycles. The molecule has 0 saturated carbocycles. The molecule has 2 amide bonds. The zero-order valence-electron chi connectivity index (χ0n) is 11.0. The summed E-state index contributed by atoms with van der Waals surface area (Å²) in [4.78, 5) is 18.1. The summed E-state index contributed by atoms with van der Waals surface area (Å²) >= 11 is 0. The van der Waals surface area contributed by atoms with E-state index >= 15 is 0 Å². The highest BCUT2D eigenvalue weighted by Crippen LogP contribution is 2.12. The Kier molecular flexibility index (Phi) is 3.81. The summed E-state index contributed by atoms with van der Waals surface area (Å²) in [5, 5.41) is 2.81. The zero-order valence-corrected chi connectivity index (χ0v) is 11.0. The van der Waals surface area contributed by atoms with Crippen molar-refractivity contribution in [1.29, 1.82) is 0 Å². The third-order valence-corrected chi connectivity index (χ3v) is 2.83. The number of nitrogens with zero attached hydrogens (tertiary/aromatic N) is 2. The number of urea groups is 1. The van der Waals surface area contributed by atoms with Crippen LogP contribution in [0.1, 0.15) is 19.5 Å². The standard InChI is InChI=1S/C13H19N3O2/c1-9-5-4-6-12(14-9)15-13(17)16-7-10(2)18-11(3)8-16/h4-6,10-11H,7-8H2,1-3H3,(H,14,15,17). The van der Waals surface area contributed by atoms with Crippen LogP contribution in [0.5, 0.6) is 0 Å². The topological polar surface area (TPSA) is 54.5 Å². The molecule has 0 bridgehead atoms. The number of carbonyl (C=O) groups excluding carboxylic acids is 1. The molecule has 2 unspecified atom stereocenters. The number of aryl methyl sites for hydroxylation is 1. The summed E-state index contributed by atoms with van der Waals surface area (Å²) in [5.74, 6) is 0.590. The molecule has 1 aliphatic rings. The lowest BCUT2D eigenvalue weighted by Crippen LogP contribution is -2.49. The van der Waals surface area contributed by atoms with Crippen molar-refractivity contribution in [3.63, 3.8) is 0 Å². The molecule has 1 aliphatic heterocycles. The summed E-state index contributed by atoms with van der Waals surface area (Å²) < 4.78 is 5.60. The number of hydrogen-bond donors (Lipinski definition) is 1. The van der Waals surface area contributed by atoms with Crippen molar-refractivity contribution < 1.29 is 9.53 Å². The van der Waals surface area contributed by atoms with E-state index < -0.39 is 0 Å². The molecule has 0 radical (unpaired) electrons. The highest BCUT2D eigenvalue weighted by Gasteiger charge is 2.25. The highest BCUT2D eigenvalue weighted by atomic mass is 16.5. The Morgan fingerprint density at radius 2 is 2.06 bits per heavy atom. The quantitative estimate of drug-likeness (QED) is 0.828. The van der Waals surface area contributed by atoms with E-state index in [1.165, 1.54) is 0 Å². The fourth-order valence-corrected chi connectivity index (χ4v) is 2.14. The maximum atomic E-state index is 12.1. The number of carbonyl (C=O) groups is 1. The molecule has 0 aromatic carbocycles. The molecular weight excluding hydrogens is 230 g/mol. The predicted octanol–water partition coefficient (Wildman–Crippen LogP) is 2.03. The van der Waals surface area contributed by atoms with Gasteiger partial charge in [0.25, 0.3) is 0 Å². The lowest BCUT2D eigenvalue weighted by Gasteiger charge is -2.35. The first-order valence-corrected chi connectivity index (χ1v) is 6.19. The van der Waals surface area contributed by atoms with Crippen molar-refractivity contribution in [2.45, 2.75) is 33.0 Å². The van der Waals surface area contributed by atoms with Gasteiger partial charge in [0.2, 0.25) is 0 Å². The first-order chi connectivity index (χ1) is 8.54. The average molecular weight is 249 g/mol. The van der Waals surface area contributed by atoms with E-state index in [2.05, 4.69) is 10.3 Å². The van der Waals surface area contributed by atoms with Crippen molar-refractivity contribution in [3.8, 4) is 0 Å². The minimum atomic E-state index is -0.116. The number of anilines is 1. The smallest absolute Gasteiger partial charge is 0.323 e. The Balaban J connectivity index is 1.99. The second kappa shape index (κ2) is 5.35. The number of ether oxygens (including phenoxy) is 1. The number of rotatable bonds is 1. The Bertz CT molecular complexity index is 426. The molecule has 2 rings (SSSR count). The first-order valence-electron chi connectivity index (χ1n) is 6.19. The van der Waals surface area contributed by atoms with Crippen LogP contribution in [-0.4, -0.2) is 41.2 Å². The molecule has 0 aliphatic carbocycles. The van der Waals surface area contributed by atoms with Gasteiger partial charge in [-0.05, 0) is 32.9 Å². The Hall–Kier alpha value is -1.62. The van der Waals surface area contributed by atoms with E-state index in [0.29, 0.717) is 18.9 Å². The van der Waals surface area contributed by atoms with Gasteiger partial charge in [0.05, 0.1) is 12.2 Å². The number of aromatic nitrogens is 1. The lowest BCUT2D eigenvalue weighted by atomic mass is 10.2. The van der Waals surface area contributed by atoms with Gasteiger partial charge in [-0.15, -0.1) is 0 Å². The molecule has 0 spiro atoms. The number of nitrogens with one attached hydrogen (secondary N) is 1. The van der Waals surface area contributed by atoms with Gasteiger partial charge in [0, 0.05) is 18.8 Å². The van der Waals surface area contributed by atoms with Crippen LogP contribution in [0.25, 0.3) is 0 Å². The molecule has 1 aromatic rings. The zero-order chi connectivity index (χ0) is 13.1. The fourth-order valence-electron chi connectivity index (χ4n) is 2.14. The molecule has 1 saturated heterocycles. The van der Waals surface area contributed by atoms with Crippen LogP contribution in [-0.2, 0) is 4.74 Å². The van der Waals surface area contributed by atoms with E-state index in [-0.39, 0.29) is 18.2 Å². The van der Waals surface area contributed by atoms with Crippen molar-refractivity contribution in [2.24, 2.45) is 0 Å². The predicted molar refractivity (Wildman–Crippen MR) is 69.6 cm³/mol. The van der Waals surface area contributed by atoms with E-state index in [1.807, 2.05) is 32.9 Å². The van der Waals surface area contributed by atoms with Crippen molar-refractivity contribution in [1.82, 2.24) is 9.88 Å². The van der Waals surface area contributed by atoms with E-state index in [4.69, 9.17) is 4.74 Å². The number of morpholine rings is 1. The number of amides is 2. The summed E-state index contributed by atoms with van der Waals surface area (Å²) in [7, 11) is 0. The fraction of sp³-hybridized carbons (Fsp3) is 0.538. The molecule has 1 N–H and O–H groups in total. The van der Waals surface area contributed by atoms with Crippen molar-refractivity contribution >= 4 is 11.8 Å². The van der Waals surface area contributed by atoms with E-state index in [1.54, 1.807) is 11.0 Å². The summed E-state index contributed by atoms with van der Waals surface area (Å²) in [6.07, 6.45) is 0.148. The Morgan fingerprint density at radius 3 is 2.67 bits per heavy atom. The Labute approximate surface area is 107 Å². The van der Waals surface area contributed by atoms with Gasteiger partial charge in [-0.25, -0.2) is 9.78 Å². The second-order valence-electron chi connectivity index (χ2n) is 4.76. The minimum absolute atomic E-state index is 0.0740. The molecule has 1 aromatic heterocycles. The van der Waals surface area contributed by atoms with Gasteiger partial charge in [0.15, 0.2) is 0 Å². The highest BCUT2D eigenvalue weighted by molar-refractivity contribution is 5.88. The van der Waals surface area contributed by atoms with Crippen LogP contribution < -0.4 is 5.32 Å². The molecule has 98 valence electrons. The SMILES string of the molecule is Cc1cccc(NC(=O)N2CC(C)OC(C)C2)n1. The van der Waals surface area contributed by atoms with Crippen LogP contribution in [0.3, 0.4) is 0 Å². The second-order valence-corrected chi connectivity index (χ2v) is 4.76. The summed E-state index contributed by atoms with van der Waals surface area (Å²) in [6.45, 7) is 7.07. The summed E-state index contributed by atoms with van der Waals surface area (Å²) in [5.41, 5.74) is 0.886. The normalized spacial score (nSPS) is 23.8. The third kappa shape index (κ3) is 3.20. The van der Waals surface area contributed by atoms with Crippen LogP contribution in [0.2, 0.25) is 0 Å². The molecule has 5 nitrogen and oxygen atoms in total. The molecule has 18 heavy (non-hydrogen) atoms. The van der Waals surface area contributed by atoms with Gasteiger partial charge in [-0.2, -0.15) is 0 Å². The average Bonchev–Trinajstić information content (AvgIpc) is 2.27. The number of hydrogen-bond acceptors (Lipinski definition) is 3. The molecular formula is C13H19N3O2. The van der Waals surface area contributed by atoms with Crippen LogP contribution in [0, 0.1) is 6.92 Å². The molecule has 1 fully saturated rings. The van der Waals surface area contributed by atoms with Crippen LogP contribution in [0.15, 0.2) is 18.2 Å². The van der Waals surface area contributed by atoms with Crippen molar-refractivity contribution in [2.75, 3.05) is 18.4 Å². The van der Waals surface area contributed by atoms with Crippen LogP contribution >= 0.6 is 0 Å². The van der Waals surface area contributed by atoms with Gasteiger partial charge >= 0.3 is 6.03 Å². The van der Waals surface area contributed by atoms with Gasteiger partial charge in [0.1, 0.15) is 5.82 Å². The Morgan fingerprint density at radius 1 is 1.39 bits per heavy atom. The van der Waals surface area contributed by atoms with Crippen LogP contribution in [0.4, 0.5) is 10.6 Å². The first kappa shape index (κ1) is 12.8. The number of pyridine rings is 1. The lowest BCUT2D eigenvalue weighted by molar-refractivity contribution is -0.0530.